The van der Waals surface area contributed by atoms with Crippen molar-refractivity contribution in [2.45, 2.75) is 12.3 Å². The lowest BCUT2D eigenvalue weighted by molar-refractivity contribution is -0.137. The summed E-state index contributed by atoms with van der Waals surface area (Å²) < 4.78 is 43.6. The number of hydrogen-bond donors (Lipinski definition) is 1. The predicted molar refractivity (Wildman–Crippen MR) is 85.8 cm³/mol. The molecule has 25 heavy (non-hydrogen) atoms. The van der Waals surface area contributed by atoms with Crippen LogP contribution in [0.25, 0.3) is 0 Å². The van der Waals surface area contributed by atoms with Gasteiger partial charge in [0, 0.05) is 18.8 Å². The molecule has 1 aliphatic heterocycles. The summed E-state index contributed by atoms with van der Waals surface area (Å²) in [5.74, 6) is -0.990. The van der Waals surface area contributed by atoms with Crippen molar-refractivity contribution in [1.29, 1.82) is 0 Å². The average molecular weight is 351 g/mol. The summed E-state index contributed by atoms with van der Waals surface area (Å²) in [5.41, 5.74) is 1.05. The molecule has 0 aliphatic carbocycles. The lowest BCUT2D eigenvalue weighted by Crippen LogP contribution is -2.38. The smallest absolute Gasteiger partial charge is 0.416 e. The maximum atomic E-state index is 12.7. The van der Waals surface area contributed by atoms with Crippen molar-refractivity contribution in [3.05, 3.63) is 65.2 Å². The van der Waals surface area contributed by atoms with Crippen LogP contribution >= 0.6 is 0 Å². The minimum Gasteiger partial charge on any atom is -0.478 e. The van der Waals surface area contributed by atoms with E-state index < -0.39 is 17.7 Å². The zero-order valence-corrected chi connectivity index (χ0v) is 13.2. The molecule has 2 aromatic carbocycles. The zero-order chi connectivity index (χ0) is 18.0. The molecule has 132 valence electrons. The van der Waals surface area contributed by atoms with Crippen LogP contribution in [0.5, 0.6) is 0 Å². The summed E-state index contributed by atoms with van der Waals surface area (Å²) in [4.78, 5) is 12.9. The van der Waals surface area contributed by atoms with E-state index in [-0.39, 0.29) is 11.7 Å². The van der Waals surface area contributed by atoms with Gasteiger partial charge in [0.25, 0.3) is 0 Å². The molecule has 1 N–H and O–H groups in total. The number of halogens is 3. The molecule has 1 atom stereocenters. The summed E-state index contributed by atoms with van der Waals surface area (Å²) in [6.07, 6.45) is -4.70. The molecule has 0 saturated carbocycles. The molecule has 1 unspecified atom stereocenters. The number of carboxylic acid groups (broad SMARTS) is 1. The van der Waals surface area contributed by atoms with Crippen LogP contribution in [0.3, 0.4) is 0 Å². The van der Waals surface area contributed by atoms with Crippen molar-refractivity contribution in [3.8, 4) is 0 Å². The molecule has 3 rings (SSSR count). The first-order valence-electron chi connectivity index (χ1n) is 7.71. The topological polar surface area (TPSA) is 49.8 Å². The second kappa shape index (κ2) is 6.76. The second-order valence-electron chi connectivity index (χ2n) is 5.78. The average Bonchev–Trinajstić information content (AvgIpc) is 2.61. The number of carbonyl (C=O) groups is 1. The van der Waals surface area contributed by atoms with Crippen molar-refractivity contribution in [2.24, 2.45) is 0 Å². The van der Waals surface area contributed by atoms with Crippen LogP contribution in [0.4, 0.5) is 18.9 Å². The number of aromatic carboxylic acids is 1. The van der Waals surface area contributed by atoms with Gasteiger partial charge in [0.05, 0.1) is 17.7 Å². The van der Waals surface area contributed by atoms with E-state index >= 15 is 0 Å². The summed E-state index contributed by atoms with van der Waals surface area (Å²) >= 11 is 0. The fourth-order valence-electron chi connectivity index (χ4n) is 2.79. The number of alkyl halides is 3. The van der Waals surface area contributed by atoms with Gasteiger partial charge in [-0.25, -0.2) is 4.79 Å². The third kappa shape index (κ3) is 3.93. The molecular formula is C18H16F3NO3. The molecule has 0 spiro atoms. The van der Waals surface area contributed by atoms with Gasteiger partial charge in [0.1, 0.15) is 6.10 Å². The summed E-state index contributed by atoms with van der Waals surface area (Å²) in [5, 5.41) is 8.94. The number of benzene rings is 2. The van der Waals surface area contributed by atoms with Gasteiger partial charge in [0.15, 0.2) is 0 Å². The Bertz CT molecular complexity index is 742. The van der Waals surface area contributed by atoms with E-state index in [0.29, 0.717) is 25.3 Å². The van der Waals surface area contributed by atoms with E-state index in [9.17, 15) is 18.0 Å². The molecule has 7 heteroatoms. The van der Waals surface area contributed by atoms with Crippen LogP contribution in [0, 0.1) is 0 Å². The molecular weight excluding hydrogens is 335 g/mol. The van der Waals surface area contributed by atoms with E-state index in [4.69, 9.17) is 9.84 Å². The van der Waals surface area contributed by atoms with Gasteiger partial charge in [-0.1, -0.05) is 12.1 Å². The minimum atomic E-state index is -4.36. The van der Waals surface area contributed by atoms with Crippen LogP contribution in [0.1, 0.15) is 27.6 Å². The van der Waals surface area contributed by atoms with E-state index in [1.54, 1.807) is 12.1 Å². The normalized spacial score (nSPS) is 18.2. The fraction of sp³-hybridized carbons (Fsp3) is 0.278. The molecule has 2 aromatic rings. The third-order valence-corrected chi connectivity index (χ3v) is 4.16. The molecule has 0 aromatic heterocycles. The van der Waals surface area contributed by atoms with Gasteiger partial charge in [-0.2, -0.15) is 13.2 Å². The van der Waals surface area contributed by atoms with Crippen molar-refractivity contribution < 1.29 is 27.8 Å². The van der Waals surface area contributed by atoms with E-state index in [1.807, 2.05) is 4.90 Å². The highest BCUT2D eigenvalue weighted by Crippen LogP contribution is 2.31. The molecule has 0 bridgehead atoms. The number of ether oxygens (including phenoxy) is 1. The Balaban J connectivity index is 1.73. The third-order valence-electron chi connectivity index (χ3n) is 4.16. The fourth-order valence-corrected chi connectivity index (χ4v) is 2.79. The molecule has 1 saturated heterocycles. The highest BCUT2D eigenvalue weighted by atomic mass is 19.4. The van der Waals surface area contributed by atoms with Crippen LogP contribution in [-0.4, -0.2) is 30.8 Å². The van der Waals surface area contributed by atoms with E-state index in [1.165, 1.54) is 24.3 Å². The Hall–Kier alpha value is -2.54. The quantitative estimate of drug-likeness (QED) is 0.909. The lowest BCUT2D eigenvalue weighted by Gasteiger charge is -2.35. The number of anilines is 1. The summed E-state index contributed by atoms with van der Waals surface area (Å²) in [7, 11) is 0. The van der Waals surface area contributed by atoms with Crippen LogP contribution in [-0.2, 0) is 10.9 Å². The van der Waals surface area contributed by atoms with Gasteiger partial charge < -0.3 is 14.7 Å². The first-order chi connectivity index (χ1) is 11.8. The van der Waals surface area contributed by atoms with Crippen molar-refractivity contribution in [3.63, 3.8) is 0 Å². The van der Waals surface area contributed by atoms with Gasteiger partial charge in [-0.05, 0) is 42.0 Å². The Morgan fingerprint density at radius 1 is 1.08 bits per heavy atom. The zero-order valence-electron chi connectivity index (χ0n) is 13.2. The van der Waals surface area contributed by atoms with Crippen LogP contribution in [0.2, 0.25) is 0 Å². The van der Waals surface area contributed by atoms with Gasteiger partial charge in [-0.15, -0.1) is 0 Å². The van der Waals surface area contributed by atoms with Crippen LogP contribution < -0.4 is 4.90 Å². The molecule has 4 nitrogen and oxygen atoms in total. The Kier molecular flexibility index (Phi) is 4.67. The monoisotopic (exact) mass is 351 g/mol. The summed E-state index contributed by atoms with van der Waals surface area (Å²) in [6.45, 7) is 1.55. The lowest BCUT2D eigenvalue weighted by atomic mass is 10.0. The highest BCUT2D eigenvalue weighted by Gasteiger charge is 2.30. The first-order valence-corrected chi connectivity index (χ1v) is 7.71. The van der Waals surface area contributed by atoms with E-state index in [2.05, 4.69) is 0 Å². The largest absolute Gasteiger partial charge is 0.478 e. The first kappa shape index (κ1) is 17.3. The van der Waals surface area contributed by atoms with Crippen LogP contribution in [0.15, 0.2) is 48.5 Å². The standard InChI is InChI=1S/C18H16F3NO3/c19-18(20,21)14-5-1-12(2-6-14)16-11-22(9-10-25-16)15-7-3-13(4-8-15)17(23)24/h1-8,16H,9-11H2,(H,23,24). The second-order valence-corrected chi connectivity index (χ2v) is 5.78. The number of rotatable bonds is 3. The van der Waals surface area contributed by atoms with Gasteiger partial charge in [-0.3, -0.25) is 0 Å². The number of nitrogens with zero attached hydrogens (tertiary/aromatic N) is 1. The Morgan fingerprint density at radius 2 is 1.72 bits per heavy atom. The van der Waals surface area contributed by atoms with Crippen molar-refractivity contribution >= 4 is 11.7 Å². The van der Waals surface area contributed by atoms with Crippen molar-refractivity contribution in [2.75, 3.05) is 24.6 Å². The maximum Gasteiger partial charge on any atom is 0.416 e. The van der Waals surface area contributed by atoms with Crippen molar-refractivity contribution in [1.82, 2.24) is 0 Å². The Morgan fingerprint density at radius 3 is 2.28 bits per heavy atom. The molecule has 1 fully saturated rings. The Labute approximate surface area is 142 Å². The molecule has 0 amide bonds. The van der Waals surface area contributed by atoms with E-state index in [0.717, 1.165) is 17.8 Å². The number of carboxylic acids is 1. The van der Waals surface area contributed by atoms with Gasteiger partial charge in [0.2, 0.25) is 0 Å². The SMILES string of the molecule is O=C(O)c1ccc(N2CCOC(c3ccc(C(F)(F)F)cc3)C2)cc1. The maximum absolute atomic E-state index is 12.7. The number of morpholine rings is 1. The summed E-state index contributed by atoms with van der Waals surface area (Å²) in [6, 6.07) is 11.5. The number of hydrogen-bond acceptors (Lipinski definition) is 3. The predicted octanol–water partition coefficient (Wildman–Crippen LogP) is 3.98. The van der Waals surface area contributed by atoms with Gasteiger partial charge >= 0.3 is 12.1 Å². The minimum absolute atomic E-state index is 0.205. The molecule has 1 heterocycles. The molecule has 0 radical (unpaired) electrons. The highest BCUT2D eigenvalue weighted by molar-refractivity contribution is 5.88. The molecule has 1 aliphatic rings.